The number of nitrogens with zero attached hydrogens (tertiary/aromatic N) is 5. The van der Waals surface area contributed by atoms with Gasteiger partial charge in [0.15, 0.2) is 0 Å². The van der Waals surface area contributed by atoms with Crippen LogP contribution in [-0.4, -0.2) is 39.9 Å². The van der Waals surface area contributed by atoms with E-state index >= 15 is 0 Å². The van der Waals surface area contributed by atoms with Crippen LogP contribution in [0.1, 0.15) is 21.5 Å². The molecule has 0 aliphatic carbocycles. The first-order valence-corrected chi connectivity index (χ1v) is 8.44. The van der Waals surface area contributed by atoms with Gasteiger partial charge in [0, 0.05) is 55.9 Å². The van der Waals surface area contributed by atoms with Crippen molar-refractivity contribution in [3.63, 3.8) is 0 Å². The molecule has 1 aliphatic heterocycles. The predicted molar refractivity (Wildman–Crippen MR) is 99.6 cm³/mol. The van der Waals surface area contributed by atoms with Crippen molar-refractivity contribution in [1.29, 1.82) is 0 Å². The summed E-state index contributed by atoms with van der Waals surface area (Å²) < 4.78 is 0. The van der Waals surface area contributed by atoms with Crippen LogP contribution in [-0.2, 0) is 13.1 Å². The number of amides is 1. The minimum Gasteiger partial charge on any atom is -0.347 e. The monoisotopic (exact) mass is 345 g/mol. The minimum absolute atomic E-state index is 0.0215. The van der Waals surface area contributed by atoms with Crippen LogP contribution in [0.15, 0.2) is 55.0 Å². The number of anilines is 1. The van der Waals surface area contributed by atoms with Crippen molar-refractivity contribution >= 4 is 11.9 Å². The van der Waals surface area contributed by atoms with Crippen LogP contribution in [0.2, 0.25) is 0 Å². The van der Waals surface area contributed by atoms with Gasteiger partial charge in [0.1, 0.15) is 0 Å². The predicted octanol–water partition coefficient (Wildman–Crippen LogP) is 2.76. The smallest absolute Gasteiger partial charge is 0.254 e. The van der Waals surface area contributed by atoms with Gasteiger partial charge < -0.3 is 9.80 Å². The summed E-state index contributed by atoms with van der Waals surface area (Å²) in [4.78, 5) is 29.9. The van der Waals surface area contributed by atoms with E-state index in [1.165, 1.54) is 0 Å². The molecule has 26 heavy (non-hydrogen) atoms. The lowest BCUT2D eigenvalue weighted by Gasteiger charge is -2.21. The van der Waals surface area contributed by atoms with E-state index in [2.05, 4.69) is 22.1 Å². The molecule has 1 aliphatic rings. The molecule has 1 aromatic carbocycles. The van der Waals surface area contributed by atoms with Gasteiger partial charge in [-0.15, -0.1) is 0 Å². The van der Waals surface area contributed by atoms with E-state index in [1.807, 2.05) is 42.2 Å². The Hall–Kier alpha value is -3.28. The second-order valence-electron chi connectivity index (χ2n) is 6.49. The zero-order valence-corrected chi connectivity index (χ0v) is 14.8. The average molecular weight is 345 g/mol. The fourth-order valence-electron chi connectivity index (χ4n) is 3.14. The maximum Gasteiger partial charge on any atom is 0.254 e. The third kappa shape index (κ3) is 2.90. The van der Waals surface area contributed by atoms with E-state index in [0.717, 1.165) is 22.4 Å². The molecule has 0 spiro atoms. The molecule has 130 valence electrons. The summed E-state index contributed by atoms with van der Waals surface area (Å²) in [6.45, 7) is 1.00. The number of aromatic nitrogens is 3. The van der Waals surface area contributed by atoms with Crippen molar-refractivity contribution < 1.29 is 4.79 Å². The third-order valence-corrected chi connectivity index (χ3v) is 4.46. The van der Waals surface area contributed by atoms with E-state index in [1.54, 1.807) is 24.5 Å². The Kier molecular flexibility index (Phi) is 4.08. The van der Waals surface area contributed by atoms with Gasteiger partial charge in [0.25, 0.3) is 5.91 Å². The molecule has 0 bridgehead atoms. The largest absolute Gasteiger partial charge is 0.347 e. The van der Waals surface area contributed by atoms with Crippen LogP contribution in [0.25, 0.3) is 11.3 Å². The van der Waals surface area contributed by atoms with Crippen LogP contribution in [0, 0.1) is 0 Å². The first kappa shape index (κ1) is 16.2. The van der Waals surface area contributed by atoms with E-state index < -0.39 is 0 Å². The maximum absolute atomic E-state index is 13.0. The molecule has 0 radical (unpaired) electrons. The SMILES string of the molecule is CN(C)c1ncc2c(n1)-c1ccccc1CN(C(=O)c1ccncc1)C2. The number of benzene rings is 1. The highest BCUT2D eigenvalue weighted by Crippen LogP contribution is 2.32. The number of hydrogen-bond donors (Lipinski definition) is 0. The summed E-state index contributed by atoms with van der Waals surface area (Å²) in [6.07, 6.45) is 5.10. The molecule has 2 aromatic heterocycles. The zero-order chi connectivity index (χ0) is 18.1. The van der Waals surface area contributed by atoms with E-state index in [-0.39, 0.29) is 5.91 Å². The van der Waals surface area contributed by atoms with Gasteiger partial charge in [-0.05, 0) is 17.7 Å². The topological polar surface area (TPSA) is 62.2 Å². The van der Waals surface area contributed by atoms with Gasteiger partial charge >= 0.3 is 0 Å². The Labute approximate surface area is 152 Å². The summed E-state index contributed by atoms with van der Waals surface area (Å²) >= 11 is 0. The molecule has 4 rings (SSSR count). The van der Waals surface area contributed by atoms with Gasteiger partial charge in [-0.2, -0.15) is 0 Å². The minimum atomic E-state index is -0.0215. The zero-order valence-electron chi connectivity index (χ0n) is 14.8. The molecule has 1 amide bonds. The Morgan fingerprint density at radius 1 is 1.04 bits per heavy atom. The fraction of sp³-hybridized carbons (Fsp3) is 0.200. The summed E-state index contributed by atoms with van der Waals surface area (Å²) in [5, 5.41) is 0. The first-order valence-electron chi connectivity index (χ1n) is 8.44. The summed E-state index contributed by atoms with van der Waals surface area (Å²) in [5.41, 5.74) is 4.61. The van der Waals surface area contributed by atoms with Gasteiger partial charge in [-0.1, -0.05) is 24.3 Å². The summed E-state index contributed by atoms with van der Waals surface area (Å²) in [5.74, 6) is 0.638. The summed E-state index contributed by atoms with van der Waals surface area (Å²) in [7, 11) is 3.84. The number of pyridine rings is 1. The molecular formula is C20H19N5O. The number of carbonyl (C=O) groups excluding carboxylic acids is 1. The quantitative estimate of drug-likeness (QED) is 0.715. The van der Waals surface area contributed by atoms with Crippen LogP contribution in [0.5, 0.6) is 0 Å². The lowest BCUT2D eigenvalue weighted by atomic mass is 10.0. The molecule has 3 heterocycles. The number of carbonyl (C=O) groups is 1. The Morgan fingerprint density at radius 3 is 2.54 bits per heavy atom. The highest BCUT2D eigenvalue weighted by Gasteiger charge is 2.25. The normalized spacial score (nSPS) is 12.8. The maximum atomic E-state index is 13.0. The molecule has 6 nitrogen and oxygen atoms in total. The molecule has 0 saturated heterocycles. The molecule has 3 aromatic rings. The van der Waals surface area contributed by atoms with Crippen LogP contribution < -0.4 is 4.90 Å². The molecule has 0 saturated carbocycles. The fourth-order valence-corrected chi connectivity index (χ4v) is 3.14. The molecule has 0 fully saturated rings. The van der Waals surface area contributed by atoms with E-state index in [9.17, 15) is 4.79 Å². The van der Waals surface area contributed by atoms with Crippen molar-refractivity contribution in [3.05, 3.63) is 71.7 Å². The van der Waals surface area contributed by atoms with Gasteiger partial charge in [0.2, 0.25) is 5.95 Å². The second-order valence-corrected chi connectivity index (χ2v) is 6.49. The molecule has 6 heteroatoms. The van der Waals surface area contributed by atoms with Crippen molar-refractivity contribution in [2.45, 2.75) is 13.1 Å². The van der Waals surface area contributed by atoms with Gasteiger partial charge in [0.05, 0.1) is 12.2 Å². The van der Waals surface area contributed by atoms with Crippen molar-refractivity contribution in [2.24, 2.45) is 0 Å². The molecule has 0 unspecified atom stereocenters. The standard InChI is InChI=1S/C20H19N5O/c1-24(2)20-22-11-16-13-25(19(26)14-7-9-21-10-8-14)12-15-5-3-4-6-17(15)18(16)23-20/h3-11H,12-13H2,1-2H3. The van der Waals surface area contributed by atoms with E-state index in [4.69, 9.17) is 4.98 Å². The second kappa shape index (κ2) is 6.55. The van der Waals surface area contributed by atoms with Crippen LogP contribution in [0.4, 0.5) is 5.95 Å². The van der Waals surface area contributed by atoms with Gasteiger partial charge in [-0.25, -0.2) is 9.97 Å². The highest BCUT2D eigenvalue weighted by atomic mass is 16.2. The molecule has 0 N–H and O–H groups in total. The average Bonchev–Trinajstić information content (AvgIpc) is 2.84. The lowest BCUT2D eigenvalue weighted by molar-refractivity contribution is 0.0732. The third-order valence-electron chi connectivity index (χ3n) is 4.46. The Balaban J connectivity index is 1.81. The van der Waals surface area contributed by atoms with Crippen molar-refractivity contribution in [3.8, 4) is 11.3 Å². The highest BCUT2D eigenvalue weighted by molar-refractivity contribution is 5.94. The number of rotatable bonds is 2. The number of hydrogen-bond acceptors (Lipinski definition) is 5. The lowest BCUT2D eigenvalue weighted by Crippen LogP contribution is -2.29. The summed E-state index contributed by atoms with van der Waals surface area (Å²) in [6, 6.07) is 11.6. The van der Waals surface area contributed by atoms with Crippen molar-refractivity contribution in [1.82, 2.24) is 19.9 Å². The Bertz CT molecular complexity index is 955. The first-order chi connectivity index (χ1) is 12.6. The van der Waals surface area contributed by atoms with Gasteiger partial charge in [-0.3, -0.25) is 9.78 Å². The number of fused-ring (bicyclic) bond motifs is 3. The Morgan fingerprint density at radius 2 is 1.77 bits per heavy atom. The molecule has 0 atom stereocenters. The van der Waals surface area contributed by atoms with Crippen molar-refractivity contribution in [2.75, 3.05) is 19.0 Å². The van der Waals surface area contributed by atoms with Crippen LogP contribution in [0.3, 0.4) is 0 Å². The van der Waals surface area contributed by atoms with E-state index in [0.29, 0.717) is 24.6 Å². The molecular weight excluding hydrogens is 326 g/mol. The van der Waals surface area contributed by atoms with Crippen LogP contribution >= 0.6 is 0 Å².